The van der Waals surface area contributed by atoms with Crippen LogP contribution in [0.25, 0.3) is 0 Å². The highest BCUT2D eigenvalue weighted by Gasteiger charge is 2.31. The molecule has 3 rings (SSSR count). The monoisotopic (exact) mass is 670 g/mol. The van der Waals surface area contributed by atoms with Crippen molar-refractivity contribution >= 4 is 24.4 Å². The van der Waals surface area contributed by atoms with Gasteiger partial charge in [0.1, 0.15) is 11.5 Å². The Morgan fingerprint density at radius 3 is 1.35 bits per heavy atom. The highest BCUT2D eigenvalue weighted by atomic mass is 32.2. The van der Waals surface area contributed by atoms with Gasteiger partial charge in [0.15, 0.2) is 0 Å². The maximum atomic E-state index is 11.2. The summed E-state index contributed by atoms with van der Waals surface area (Å²) in [6.07, 6.45) is 13.8. The normalized spacial score (nSPS) is 15.6. The fourth-order valence-electron chi connectivity index (χ4n) is 6.46. The second kappa shape index (κ2) is 17.4. The fraction of sp³-hybridized carbons (Fsp3) is 0.714. The Balaban J connectivity index is 0.000000341. The SMILES string of the molecule is CCC(C)(CC)c1cc(C(C)(C)C)cc(CS)c1O.CCC(C)(CC)c1cc(C(C)(C)C)cc(CSC2CCCCCCC2)c1O. The molecule has 1 saturated carbocycles. The molecular formula is C42H70O2S2. The number of rotatable bonds is 10. The molecule has 0 radical (unpaired) electrons. The lowest BCUT2D eigenvalue weighted by molar-refractivity contribution is 0.393. The smallest absolute Gasteiger partial charge is 0.123 e. The minimum Gasteiger partial charge on any atom is -0.507 e. The summed E-state index contributed by atoms with van der Waals surface area (Å²) in [5, 5.41) is 22.5. The van der Waals surface area contributed by atoms with Crippen molar-refractivity contribution in [3.8, 4) is 11.5 Å². The van der Waals surface area contributed by atoms with Gasteiger partial charge >= 0.3 is 0 Å². The highest BCUT2D eigenvalue weighted by molar-refractivity contribution is 7.99. The number of phenols is 2. The summed E-state index contributed by atoms with van der Waals surface area (Å²) < 4.78 is 0. The predicted octanol–water partition coefficient (Wildman–Crippen LogP) is 13.3. The largest absolute Gasteiger partial charge is 0.507 e. The zero-order valence-corrected chi connectivity index (χ0v) is 33.5. The number of phenolic OH excluding ortho intramolecular Hbond substituents is 2. The van der Waals surface area contributed by atoms with Crippen LogP contribution < -0.4 is 0 Å². The zero-order valence-electron chi connectivity index (χ0n) is 31.8. The van der Waals surface area contributed by atoms with E-state index in [1.54, 1.807) is 0 Å². The second-order valence-electron chi connectivity index (χ2n) is 16.5. The van der Waals surface area contributed by atoms with Gasteiger partial charge in [-0.15, -0.1) is 0 Å². The molecule has 0 aliphatic heterocycles. The first kappa shape index (κ1) is 40.9. The van der Waals surface area contributed by atoms with E-state index in [2.05, 4.69) is 132 Å². The standard InChI is InChI=1S/C25H42OS.C17H28OS/c1-7-25(6,8-2)22-17-20(24(3,4)5)16-19(23(22)26)18-27-21-14-12-10-9-11-13-15-21;1-7-17(6,8-2)14-10-13(16(3,4)5)9-12(11-19)15(14)18/h16-17,21,26H,7-15,18H2,1-6H3;9-10,18-19H,7-8,11H2,1-6H3. The van der Waals surface area contributed by atoms with Crippen molar-refractivity contribution in [2.75, 3.05) is 0 Å². The topological polar surface area (TPSA) is 40.5 Å². The minimum atomic E-state index is 0.0308. The third-order valence-electron chi connectivity index (χ3n) is 11.2. The molecule has 0 atom stereocenters. The fourth-order valence-corrected chi connectivity index (χ4v) is 8.00. The zero-order chi connectivity index (χ0) is 34.9. The molecule has 1 aliphatic carbocycles. The Labute approximate surface area is 294 Å². The number of hydrogen-bond donors (Lipinski definition) is 3. The Kier molecular flexibility index (Phi) is 15.5. The molecule has 0 unspecified atom stereocenters. The van der Waals surface area contributed by atoms with E-state index in [-0.39, 0.29) is 21.7 Å². The first-order valence-electron chi connectivity index (χ1n) is 18.4. The van der Waals surface area contributed by atoms with E-state index in [0.29, 0.717) is 17.3 Å². The van der Waals surface area contributed by atoms with Gasteiger partial charge in [-0.3, -0.25) is 0 Å². The summed E-state index contributed by atoms with van der Waals surface area (Å²) in [5.74, 6) is 2.52. The van der Waals surface area contributed by atoms with E-state index in [1.807, 2.05) is 0 Å². The van der Waals surface area contributed by atoms with Crippen molar-refractivity contribution in [1.82, 2.24) is 0 Å². The van der Waals surface area contributed by atoms with Gasteiger partial charge in [-0.25, -0.2) is 0 Å². The molecule has 0 aromatic heterocycles. The summed E-state index contributed by atoms with van der Waals surface area (Å²) in [5.41, 5.74) is 7.23. The van der Waals surface area contributed by atoms with E-state index in [4.69, 9.17) is 0 Å². The van der Waals surface area contributed by atoms with Crippen LogP contribution in [0.2, 0.25) is 0 Å². The van der Waals surface area contributed by atoms with Crippen LogP contribution >= 0.6 is 24.4 Å². The molecule has 46 heavy (non-hydrogen) atoms. The van der Waals surface area contributed by atoms with Gasteiger partial charge in [-0.1, -0.05) is 139 Å². The van der Waals surface area contributed by atoms with Crippen LogP contribution in [0.1, 0.15) is 187 Å². The summed E-state index contributed by atoms with van der Waals surface area (Å²) in [4.78, 5) is 0. The Morgan fingerprint density at radius 2 is 0.978 bits per heavy atom. The highest BCUT2D eigenvalue weighted by Crippen LogP contribution is 2.44. The third kappa shape index (κ3) is 10.6. The average Bonchev–Trinajstić information content (AvgIpc) is 2.99. The lowest BCUT2D eigenvalue weighted by Gasteiger charge is -2.32. The van der Waals surface area contributed by atoms with Gasteiger partial charge in [0.05, 0.1) is 0 Å². The predicted molar refractivity (Wildman–Crippen MR) is 210 cm³/mol. The second-order valence-corrected chi connectivity index (χ2v) is 18.1. The Bertz CT molecular complexity index is 1220. The molecule has 2 nitrogen and oxygen atoms in total. The van der Waals surface area contributed by atoms with Crippen molar-refractivity contribution in [3.63, 3.8) is 0 Å². The van der Waals surface area contributed by atoms with Gasteiger partial charge in [-0.2, -0.15) is 24.4 Å². The van der Waals surface area contributed by atoms with Gasteiger partial charge in [0.2, 0.25) is 0 Å². The molecule has 4 heteroatoms. The van der Waals surface area contributed by atoms with Crippen molar-refractivity contribution < 1.29 is 10.2 Å². The number of aromatic hydroxyl groups is 2. The molecule has 0 amide bonds. The van der Waals surface area contributed by atoms with Gasteiger partial charge in [0.25, 0.3) is 0 Å². The van der Waals surface area contributed by atoms with E-state index in [1.165, 1.54) is 56.1 Å². The van der Waals surface area contributed by atoms with Crippen molar-refractivity contribution in [2.24, 2.45) is 0 Å². The molecule has 0 saturated heterocycles. The Morgan fingerprint density at radius 1 is 0.609 bits per heavy atom. The summed E-state index contributed by atoms with van der Waals surface area (Å²) in [6.45, 7) is 26.9. The summed E-state index contributed by atoms with van der Waals surface area (Å²) >= 11 is 6.45. The molecule has 1 fully saturated rings. The Hall–Kier alpha value is -1.26. The molecule has 0 heterocycles. The van der Waals surface area contributed by atoms with Crippen LogP contribution in [0.5, 0.6) is 11.5 Å². The van der Waals surface area contributed by atoms with Crippen LogP contribution in [0, 0.1) is 0 Å². The van der Waals surface area contributed by atoms with Gasteiger partial charge in [0, 0.05) is 39.0 Å². The van der Waals surface area contributed by atoms with Crippen LogP contribution in [-0.4, -0.2) is 15.5 Å². The number of hydrogen-bond acceptors (Lipinski definition) is 4. The van der Waals surface area contributed by atoms with Crippen molar-refractivity contribution in [3.05, 3.63) is 57.6 Å². The van der Waals surface area contributed by atoms with Crippen molar-refractivity contribution in [1.29, 1.82) is 0 Å². The summed E-state index contributed by atoms with van der Waals surface area (Å²) in [6, 6.07) is 8.85. The maximum Gasteiger partial charge on any atom is 0.123 e. The molecule has 2 aromatic rings. The molecule has 1 aliphatic rings. The molecule has 2 N–H and O–H groups in total. The van der Waals surface area contributed by atoms with Crippen LogP contribution in [0.15, 0.2) is 24.3 Å². The third-order valence-corrected chi connectivity index (χ3v) is 13.0. The lowest BCUT2D eigenvalue weighted by atomic mass is 9.74. The van der Waals surface area contributed by atoms with E-state index in [0.717, 1.165) is 58.9 Å². The number of thioether (sulfide) groups is 1. The molecule has 0 spiro atoms. The lowest BCUT2D eigenvalue weighted by Crippen LogP contribution is -2.22. The molecular weight excluding hydrogens is 601 g/mol. The molecule has 0 bridgehead atoms. The number of benzene rings is 2. The van der Waals surface area contributed by atoms with Crippen LogP contribution in [0.4, 0.5) is 0 Å². The first-order valence-corrected chi connectivity index (χ1v) is 20.0. The van der Waals surface area contributed by atoms with E-state index >= 15 is 0 Å². The van der Waals surface area contributed by atoms with Crippen LogP contribution in [-0.2, 0) is 33.2 Å². The van der Waals surface area contributed by atoms with Crippen molar-refractivity contribution in [2.45, 2.75) is 192 Å². The minimum absolute atomic E-state index is 0.0308. The van der Waals surface area contributed by atoms with E-state index in [9.17, 15) is 10.2 Å². The quantitative estimate of drug-likeness (QED) is 0.220. The van der Waals surface area contributed by atoms with Gasteiger partial charge in [-0.05, 0) is 71.3 Å². The first-order chi connectivity index (χ1) is 21.4. The summed E-state index contributed by atoms with van der Waals surface area (Å²) in [7, 11) is 0. The number of thiol groups is 1. The molecule has 2 aromatic carbocycles. The molecule has 262 valence electrons. The van der Waals surface area contributed by atoms with E-state index < -0.39 is 0 Å². The van der Waals surface area contributed by atoms with Gasteiger partial charge < -0.3 is 10.2 Å². The van der Waals surface area contributed by atoms with Crippen LogP contribution in [0.3, 0.4) is 0 Å². The average molecular weight is 671 g/mol. The maximum absolute atomic E-state index is 11.2.